The molecule has 4 aromatic rings. The zero-order chi connectivity index (χ0) is 25.8. The van der Waals surface area contributed by atoms with Gasteiger partial charge < -0.3 is 0 Å². The summed E-state index contributed by atoms with van der Waals surface area (Å²) < 4.78 is 0. The summed E-state index contributed by atoms with van der Waals surface area (Å²) in [6.45, 7) is 6.10. The van der Waals surface area contributed by atoms with E-state index in [4.69, 9.17) is 0 Å². The highest BCUT2D eigenvalue weighted by Gasteiger charge is 2.24. The normalized spacial score (nSPS) is 17.6. The molecule has 0 spiro atoms. The Morgan fingerprint density at radius 3 is 1.68 bits per heavy atom. The van der Waals surface area contributed by atoms with Crippen molar-refractivity contribution in [2.45, 2.75) is 51.2 Å². The van der Waals surface area contributed by atoms with Crippen LogP contribution in [0.15, 0.2) is 115 Å². The van der Waals surface area contributed by atoms with Gasteiger partial charge in [0.15, 0.2) is 0 Å². The maximum atomic E-state index is 4.67. The second-order valence-electron chi connectivity index (χ2n) is 10.9. The van der Waals surface area contributed by atoms with Crippen LogP contribution in [-0.2, 0) is 19.6 Å². The summed E-state index contributed by atoms with van der Waals surface area (Å²) in [5.41, 5.74) is 5.44. The molecule has 1 fully saturated rings. The first-order chi connectivity index (χ1) is 18.8. The van der Waals surface area contributed by atoms with Gasteiger partial charge in [-0.3, -0.25) is 14.8 Å². The Balaban J connectivity index is 1.23. The lowest BCUT2D eigenvalue weighted by atomic mass is 9.78. The van der Waals surface area contributed by atoms with Crippen LogP contribution in [0.2, 0.25) is 0 Å². The first-order valence-electron chi connectivity index (χ1n) is 14.3. The second-order valence-corrected chi connectivity index (χ2v) is 10.9. The van der Waals surface area contributed by atoms with E-state index in [0.29, 0.717) is 0 Å². The summed E-state index contributed by atoms with van der Waals surface area (Å²) >= 11 is 0. The Bertz CT molecular complexity index is 1130. The van der Waals surface area contributed by atoms with Gasteiger partial charge in [0.2, 0.25) is 0 Å². The van der Waals surface area contributed by atoms with E-state index in [1.807, 2.05) is 12.3 Å². The first-order valence-corrected chi connectivity index (χ1v) is 14.3. The van der Waals surface area contributed by atoms with Crippen LogP contribution in [-0.4, -0.2) is 34.4 Å². The predicted octanol–water partition coefficient (Wildman–Crippen LogP) is 7.56. The predicted molar refractivity (Wildman–Crippen MR) is 158 cm³/mol. The van der Waals surface area contributed by atoms with Crippen molar-refractivity contribution >= 4 is 0 Å². The summed E-state index contributed by atoms with van der Waals surface area (Å²) in [6.07, 6.45) is 7.17. The highest BCUT2D eigenvalue weighted by atomic mass is 15.2. The van der Waals surface area contributed by atoms with Crippen LogP contribution < -0.4 is 0 Å². The summed E-state index contributed by atoms with van der Waals surface area (Å²) in [7, 11) is 0. The van der Waals surface area contributed by atoms with Gasteiger partial charge in [-0.25, -0.2) is 0 Å². The number of pyridine rings is 1. The Kier molecular flexibility index (Phi) is 9.73. The van der Waals surface area contributed by atoms with Gasteiger partial charge in [0.05, 0.1) is 5.69 Å². The van der Waals surface area contributed by atoms with Gasteiger partial charge >= 0.3 is 0 Å². The molecule has 1 aliphatic carbocycles. The van der Waals surface area contributed by atoms with E-state index in [2.05, 4.69) is 118 Å². The lowest BCUT2D eigenvalue weighted by molar-refractivity contribution is 0.152. The third-order valence-corrected chi connectivity index (χ3v) is 7.98. The SMILES string of the molecule is c1ccc(CN(CCN(Cc2ccccn2)CC2CCC(c3ccccc3)CC2)Cc2ccccc2)cc1. The average molecular weight is 504 g/mol. The molecule has 0 aliphatic heterocycles. The molecule has 1 aliphatic rings. The molecule has 3 aromatic carbocycles. The fourth-order valence-electron chi connectivity index (χ4n) is 5.90. The molecular weight excluding hydrogens is 462 g/mol. The third-order valence-electron chi connectivity index (χ3n) is 7.98. The topological polar surface area (TPSA) is 19.4 Å². The average Bonchev–Trinajstić information content (AvgIpc) is 2.98. The van der Waals surface area contributed by atoms with Crippen molar-refractivity contribution in [3.05, 3.63) is 138 Å². The summed E-state index contributed by atoms with van der Waals surface area (Å²) in [6, 6.07) is 39.2. The highest BCUT2D eigenvalue weighted by molar-refractivity contribution is 5.20. The minimum atomic E-state index is 0.726. The van der Waals surface area contributed by atoms with Crippen LogP contribution in [0.5, 0.6) is 0 Å². The monoisotopic (exact) mass is 503 g/mol. The number of hydrogen-bond donors (Lipinski definition) is 0. The molecule has 38 heavy (non-hydrogen) atoms. The molecule has 1 aromatic heterocycles. The van der Waals surface area contributed by atoms with E-state index in [1.54, 1.807) is 0 Å². The van der Waals surface area contributed by atoms with Crippen molar-refractivity contribution in [2.24, 2.45) is 5.92 Å². The lowest BCUT2D eigenvalue weighted by Crippen LogP contribution is -2.38. The maximum absolute atomic E-state index is 4.67. The lowest BCUT2D eigenvalue weighted by Gasteiger charge is -2.34. The van der Waals surface area contributed by atoms with Crippen molar-refractivity contribution in [1.82, 2.24) is 14.8 Å². The van der Waals surface area contributed by atoms with Gasteiger partial charge in [-0.2, -0.15) is 0 Å². The van der Waals surface area contributed by atoms with Crippen molar-refractivity contribution in [2.75, 3.05) is 19.6 Å². The van der Waals surface area contributed by atoms with Crippen molar-refractivity contribution in [3.63, 3.8) is 0 Å². The number of aromatic nitrogens is 1. The molecule has 0 bridgehead atoms. The fourth-order valence-corrected chi connectivity index (χ4v) is 5.90. The molecule has 0 amide bonds. The van der Waals surface area contributed by atoms with E-state index in [-0.39, 0.29) is 0 Å². The van der Waals surface area contributed by atoms with Crippen molar-refractivity contribution < 1.29 is 0 Å². The minimum absolute atomic E-state index is 0.726. The van der Waals surface area contributed by atoms with Gasteiger partial charge in [-0.15, -0.1) is 0 Å². The van der Waals surface area contributed by atoms with Crippen molar-refractivity contribution in [3.8, 4) is 0 Å². The second kappa shape index (κ2) is 14.0. The first kappa shape index (κ1) is 26.3. The Morgan fingerprint density at radius 2 is 1.11 bits per heavy atom. The van der Waals surface area contributed by atoms with Gasteiger partial charge in [0, 0.05) is 45.5 Å². The van der Waals surface area contributed by atoms with Crippen LogP contribution in [0.3, 0.4) is 0 Å². The van der Waals surface area contributed by atoms with E-state index in [1.165, 1.54) is 48.1 Å². The molecular formula is C35H41N3. The van der Waals surface area contributed by atoms with Gasteiger partial charge in [0.25, 0.3) is 0 Å². The molecule has 3 nitrogen and oxygen atoms in total. The molecule has 5 rings (SSSR count). The van der Waals surface area contributed by atoms with Crippen LogP contribution >= 0.6 is 0 Å². The molecule has 3 heteroatoms. The van der Waals surface area contributed by atoms with E-state index in [0.717, 1.165) is 51.1 Å². The largest absolute Gasteiger partial charge is 0.296 e. The zero-order valence-corrected chi connectivity index (χ0v) is 22.5. The molecule has 1 saturated carbocycles. The number of benzene rings is 3. The molecule has 0 unspecified atom stereocenters. The molecule has 1 heterocycles. The van der Waals surface area contributed by atoms with Crippen LogP contribution in [0, 0.1) is 5.92 Å². The maximum Gasteiger partial charge on any atom is 0.0543 e. The standard InChI is InChI=1S/C35H41N3/c1-4-12-30(13-5-1)26-37(27-31-14-6-2-7-15-31)24-25-38(29-35-18-10-11-23-36-35)28-32-19-21-34(22-20-32)33-16-8-3-9-17-33/h1-18,23,32,34H,19-22,24-29H2. The molecule has 0 atom stereocenters. The summed E-state index contributed by atoms with van der Waals surface area (Å²) in [5, 5.41) is 0. The summed E-state index contributed by atoms with van der Waals surface area (Å²) in [5.74, 6) is 1.49. The van der Waals surface area contributed by atoms with Crippen LogP contribution in [0.25, 0.3) is 0 Å². The van der Waals surface area contributed by atoms with E-state index < -0.39 is 0 Å². The third kappa shape index (κ3) is 8.11. The van der Waals surface area contributed by atoms with Gasteiger partial charge in [0.1, 0.15) is 0 Å². The quantitative estimate of drug-likeness (QED) is 0.199. The Labute approximate surface area is 229 Å². The van der Waals surface area contributed by atoms with E-state index in [9.17, 15) is 0 Å². The highest BCUT2D eigenvalue weighted by Crippen LogP contribution is 2.36. The molecule has 196 valence electrons. The number of rotatable bonds is 12. The molecule has 0 saturated heterocycles. The van der Waals surface area contributed by atoms with E-state index >= 15 is 0 Å². The van der Waals surface area contributed by atoms with Crippen LogP contribution in [0.1, 0.15) is 54.0 Å². The van der Waals surface area contributed by atoms with Crippen molar-refractivity contribution in [1.29, 1.82) is 0 Å². The minimum Gasteiger partial charge on any atom is -0.296 e. The Hall–Kier alpha value is -3.27. The fraction of sp³-hybridized carbons (Fsp3) is 0.343. The number of hydrogen-bond acceptors (Lipinski definition) is 3. The smallest absolute Gasteiger partial charge is 0.0543 e. The Morgan fingerprint density at radius 1 is 0.553 bits per heavy atom. The number of nitrogens with zero attached hydrogens (tertiary/aromatic N) is 3. The molecule has 0 N–H and O–H groups in total. The molecule has 0 radical (unpaired) electrons. The zero-order valence-electron chi connectivity index (χ0n) is 22.5. The van der Waals surface area contributed by atoms with Gasteiger partial charge in [-0.1, -0.05) is 97.1 Å². The summed E-state index contributed by atoms with van der Waals surface area (Å²) in [4.78, 5) is 9.94. The van der Waals surface area contributed by atoms with Gasteiger partial charge in [-0.05, 0) is 66.3 Å². The van der Waals surface area contributed by atoms with Crippen LogP contribution in [0.4, 0.5) is 0 Å².